The number of halogens is 1. The summed E-state index contributed by atoms with van der Waals surface area (Å²) in [5.74, 6) is 0.781. The predicted octanol–water partition coefficient (Wildman–Crippen LogP) is 7.33. The molecule has 2 aromatic carbocycles. The molecule has 0 fully saturated rings. The van der Waals surface area contributed by atoms with Crippen molar-refractivity contribution in [3.63, 3.8) is 0 Å². The average Bonchev–Trinajstić information content (AvgIpc) is 3.47. The zero-order valence-electron chi connectivity index (χ0n) is 19.5. The summed E-state index contributed by atoms with van der Waals surface area (Å²) in [6.45, 7) is 0.557. The third-order valence-corrected chi connectivity index (χ3v) is 8.99. The van der Waals surface area contributed by atoms with Crippen molar-refractivity contribution in [2.75, 3.05) is 12.4 Å². The standard InChI is InChI=1S/C28H26BrN3O2S/c1-34-19-9-6-8-18(16-19)26-24-13-7-15-31(24)27-21(20-10-2-5-14-25(20)35-27)17-32(26)28(33)30-23-12-4-3-11-22(23)29/h3-4,6-9,11-13,15-16,26H,2,5,10,14,17H2,1H3,(H,30,33)/t26-/m1/s1. The Morgan fingerprint density at radius 1 is 1.06 bits per heavy atom. The van der Waals surface area contributed by atoms with E-state index in [1.54, 1.807) is 7.11 Å². The second kappa shape index (κ2) is 9.21. The highest BCUT2D eigenvalue weighted by Crippen LogP contribution is 2.44. The maximum absolute atomic E-state index is 14.0. The summed E-state index contributed by atoms with van der Waals surface area (Å²) < 4.78 is 8.70. The van der Waals surface area contributed by atoms with Crippen molar-refractivity contribution in [1.29, 1.82) is 0 Å². The van der Waals surface area contributed by atoms with Crippen molar-refractivity contribution >= 4 is 39.0 Å². The molecule has 0 saturated carbocycles. The number of ether oxygens (including phenoxy) is 1. The largest absolute Gasteiger partial charge is 0.497 e. The highest BCUT2D eigenvalue weighted by Gasteiger charge is 2.36. The van der Waals surface area contributed by atoms with Crippen molar-refractivity contribution in [2.24, 2.45) is 0 Å². The Bertz CT molecular complexity index is 1410. The first-order valence-corrected chi connectivity index (χ1v) is 13.5. The number of hydrogen-bond donors (Lipinski definition) is 1. The van der Waals surface area contributed by atoms with Gasteiger partial charge in [-0.1, -0.05) is 24.3 Å². The van der Waals surface area contributed by atoms with E-state index in [1.807, 2.05) is 58.7 Å². The molecule has 2 aliphatic rings. The number of para-hydroxylation sites is 1. The van der Waals surface area contributed by atoms with Gasteiger partial charge >= 0.3 is 6.03 Å². The van der Waals surface area contributed by atoms with Gasteiger partial charge in [0.15, 0.2) is 0 Å². The van der Waals surface area contributed by atoms with E-state index in [0.29, 0.717) is 6.54 Å². The molecular formula is C28H26BrN3O2S. The Morgan fingerprint density at radius 2 is 1.91 bits per heavy atom. The van der Waals surface area contributed by atoms with Gasteiger partial charge in [0.05, 0.1) is 31.1 Å². The number of carbonyl (C=O) groups excluding carboxylic acids is 1. The second-order valence-corrected chi connectivity index (χ2v) is 11.0. The van der Waals surface area contributed by atoms with Crippen LogP contribution in [0.2, 0.25) is 0 Å². The molecule has 6 rings (SSSR count). The summed E-state index contributed by atoms with van der Waals surface area (Å²) in [4.78, 5) is 17.5. The van der Waals surface area contributed by atoms with Crippen LogP contribution in [0.4, 0.5) is 10.5 Å². The third kappa shape index (κ3) is 3.96. The number of aromatic nitrogens is 1. The van der Waals surface area contributed by atoms with E-state index in [-0.39, 0.29) is 12.1 Å². The highest BCUT2D eigenvalue weighted by atomic mass is 79.9. The molecule has 2 amide bonds. The van der Waals surface area contributed by atoms with Crippen LogP contribution in [0, 0.1) is 0 Å². The molecule has 1 atom stereocenters. The molecule has 7 heteroatoms. The molecule has 1 N–H and O–H groups in total. The predicted molar refractivity (Wildman–Crippen MR) is 144 cm³/mol. The highest BCUT2D eigenvalue weighted by molar-refractivity contribution is 9.10. The molecule has 4 aromatic rings. The molecule has 0 unspecified atom stereocenters. The van der Waals surface area contributed by atoms with E-state index < -0.39 is 0 Å². The lowest BCUT2D eigenvalue weighted by Crippen LogP contribution is -2.38. The number of rotatable bonds is 3. The van der Waals surface area contributed by atoms with Gasteiger partial charge in [0.25, 0.3) is 0 Å². The number of aryl methyl sites for hydroxylation is 1. The van der Waals surface area contributed by atoms with Crippen LogP contribution >= 0.6 is 27.3 Å². The molecule has 1 aliphatic carbocycles. The average molecular weight is 549 g/mol. The third-order valence-electron chi connectivity index (χ3n) is 6.96. The number of anilines is 1. The van der Waals surface area contributed by atoms with Crippen LogP contribution < -0.4 is 10.1 Å². The van der Waals surface area contributed by atoms with Gasteiger partial charge in [-0.2, -0.15) is 0 Å². The first-order valence-electron chi connectivity index (χ1n) is 11.9. The normalized spacial score (nSPS) is 16.6. The quantitative estimate of drug-likeness (QED) is 0.292. The first kappa shape index (κ1) is 22.4. The van der Waals surface area contributed by atoms with E-state index >= 15 is 0 Å². The van der Waals surface area contributed by atoms with Crippen molar-refractivity contribution in [2.45, 2.75) is 38.3 Å². The van der Waals surface area contributed by atoms with Crippen LogP contribution in [-0.4, -0.2) is 22.6 Å². The number of amides is 2. The van der Waals surface area contributed by atoms with E-state index in [1.165, 1.54) is 33.8 Å². The van der Waals surface area contributed by atoms with Crippen LogP contribution in [0.25, 0.3) is 5.00 Å². The molecule has 0 radical (unpaired) electrons. The minimum atomic E-state index is -0.263. The Morgan fingerprint density at radius 3 is 2.77 bits per heavy atom. The SMILES string of the molecule is COc1cccc([C@@H]2c3cccn3-c3sc4c(c3CN2C(=O)Nc2ccccc2Br)CCCC4)c1. The number of benzene rings is 2. The number of fused-ring (bicyclic) bond motifs is 5. The van der Waals surface area contributed by atoms with Crippen LogP contribution in [0.1, 0.15) is 46.1 Å². The fraction of sp³-hybridized carbons (Fsp3) is 0.250. The van der Waals surface area contributed by atoms with Crippen molar-refractivity contribution in [3.05, 3.63) is 98.6 Å². The molecule has 5 nitrogen and oxygen atoms in total. The van der Waals surface area contributed by atoms with Gasteiger partial charge in [-0.05, 0) is 89.1 Å². The molecule has 3 heterocycles. The van der Waals surface area contributed by atoms with E-state index in [0.717, 1.165) is 40.0 Å². The lowest BCUT2D eigenvalue weighted by atomic mass is 9.95. The Kier molecular flexibility index (Phi) is 5.90. The smallest absolute Gasteiger partial charge is 0.323 e. The van der Waals surface area contributed by atoms with Crippen LogP contribution in [-0.2, 0) is 19.4 Å². The molecule has 0 saturated heterocycles. The van der Waals surface area contributed by atoms with Gasteiger partial charge in [0, 0.05) is 21.1 Å². The van der Waals surface area contributed by atoms with Crippen LogP contribution in [0.5, 0.6) is 5.75 Å². The lowest BCUT2D eigenvalue weighted by Gasteiger charge is -2.31. The van der Waals surface area contributed by atoms with Gasteiger partial charge in [-0.15, -0.1) is 11.3 Å². The zero-order chi connectivity index (χ0) is 23.9. The summed E-state index contributed by atoms with van der Waals surface area (Å²) in [6.07, 6.45) is 6.80. The minimum Gasteiger partial charge on any atom is -0.497 e. The summed E-state index contributed by atoms with van der Waals surface area (Å²) >= 11 is 5.48. The van der Waals surface area contributed by atoms with E-state index in [2.05, 4.69) is 50.2 Å². The molecule has 2 aromatic heterocycles. The number of nitrogens with one attached hydrogen (secondary N) is 1. The lowest BCUT2D eigenvalue weighted by molar-refractivity contribution is 0.194. The fourth-order valence-corrected chi connectivity index (χ4v) is 7.09. The van der Waals surface area contributed by atoms with Crippen molar-refractivity contribution < 1.29 is 9.53 Å². The van der Waals surface area contributed by atoms with Crippen molar-refractivity contribution in [3.8, 4) is 10.8 Å². The maximum atomic E-state index is 14.0. The monoisotopic (exact) mass is 547 g/mol. The number of hydrogen-bond acceptors (Lipinski definition) is 3. The first-order chi connectivity index (χ1) is 17.1. The molecule has 35 heavy (non-hydrogen) atoms. The molecule has 0 spiro atoms. The molecule has 0 bridgehead atoms. The number of thiophene rings is 1. The van der Waals surface area contributed by atoms with Gasteiger partial charge < -0.3 is 19.5 Å². The number of urea groups is 1. The fourth-order valence-electron chi connectivity index (χ4n) is 5.30. The minimum absolute atomic E-state index is 0.124. The molecule has 178 valence electrons. The Balaban J connectivity index is 1.51. The van der Waals surface area contributed by atoms with Crippen molar-refractivity contribution in [1.82, 2.24) is 9.47 Å². The zero-order valence-corrected chi connectivity index (χ0v) is 21.9. The van der Waals surface area contributed by atoms with Gasteiger partial charge in [0.2, 0.25) is 0 Å². The number of nitrogens with zero attached hydrogens (tertiary/aromatic N) is 2. The Hall–Kier alpha value is -3.03. The van der Waals surface area contributed by atoms with Crippen LogP contribution in [0.15, 0.2) is 71.3 Å². The van der Waals surface area contributed by atoms with Crippen LogP contribution in [0.3, 0.4) is 0 Å². The summed E-state index contributed by atoms with van der Waals surface area (Å²) in [5, 5.41) is 4.42. The molecule has 1 aliphatic heterocycles. The summed E-state index contributed by atoms with van der Waals surface area (Å²) in [7, 11) is 1.68. The number of methoxy groups -OCH3 is 1. The van der Waals surface area contributed by atoms with Gasteiger partial charge in [0.1, 0.15) is 10.8 Å². The van der Waals surface area contributed by atoms with Gasteiger partial charge in [-0.25, -0.2) is 4.79 Å². The second-order valence-electron chi connectivity index (χ2n) is 9.01. The summed E-state index contributed by atoms with van der Waals surface area (Å²) in [5.41, 5.74) is 5.60. The van der Waals surface area contributed by atoms with Gasteiger partial charge in [-0.3, -0.25) is 0 Å². The maximum Gasteiger partial charge on any atom is 0.323 e. The van der Waals surface area contributed by atoms with E-state index in [4.69, 9.17) is 4.74 Å². The number of carbonyl (C=O) groups is 1. The van der Waals surface area contributed by atoms with E-state index in [9.17, 15) is 4.79 Å². The topological polar surface area (TPSA) is 46.5 Å². The summed E-state index contributed by atoms with van der Waals surface area (Å²) in [6, 6.07) is 19.6. The Labute approximate surface area is 217 Å². The molecular weight excluding hydrogens is 522 g/mol.